The zero-order valence-electron chi connectivity index (χ0n) is 103. The third kappa shape index (κ3) is 34.8. The Bertz CT molecular complexity index is 6460. The van der Waals surface area contributed by atoms with Gasteiger partial charge in [0.1, 0.15) is 46.6 Å². The Morgan fingerprint density at radius 2 is 0.561 bits per heavy atom. The van der Waals surface area contributed by atoms with Gasteiger partial charge in [-0.1, -0.05) is 405 Å². The van der Waals surface area contributed by atoms with Gasteiger partial charge in [0, 0.05) is 82.7 Å². The van der Waals surface area contributed by atoms with Crippen molar-refractivity contribution in [2.45, 2.75) is 487 Å². The van der Waals surface area contributed by atoms with Crippen molar-refractivity contribution in [1.82, 2.24) is 52.7 Å². The zero-order valence-corrected chi connectivity index (χ0v) is 103. The molecule has 0 aliphatic carbocycles. The first-order valence-electron chi connectivity index (χ1n) is 55.7. The Morgan fingerprint density at radius 1 is 0.264 bits per heavy atom. The Morgan fingerprint density at radius 3 is 0.872 bits per heavy atom. The molecular weight excluding hydrogens is 1820 g/mol. The molecule has 0 aliphatic rings. The summed E-state index contributed by atoms with van der Waals surface area (Å²) >= 11 is 0. The Labute approximate surface area is 898 Å². The van der Waals surface area contributed by atoms with Crippen LogP contribution in [0.25, 0.3) is 55.2 Å². The molecule has 14 rings (SSSR count). The third-order valence-corrected chi connectivity index (χ3v) is 27.1. The summed E-state index contributed by atoms with van der Waals surface area (Å²) in [5.41, 5.74) is 27.1. The number of nitrogens with zero attached hydrogens (tertiary/aromatic N) is 11. The van der Waals surface area contributed by atoms with Crippen molar-refractivity contribution in [3.63, 3.8) is 0 Å². The zero-order chi connectivity index (χ0) is 113. The molecule has 6 heterocycles. The van der Waals surface area contributed by atoms with Gasteiger partial charge >= 0.3 is 0 Å². The van der Waals surface area contributed by atoms with Crippen molar-refractivity contribution < 1.29 is 13.2 Å². The maximum atomic E-state index is 13.7. The van der Waals surface area contributed by atoms with E-state index in [1.165, 1.54) is 108 Å². The summed E-state index contributed by atoms with van der Waals surface area (Å²) in [5.74, 6) is 10.1. The summed E-state index contributed by atoms with van der Waals surface area (Å²) < 4.78 is 52.9. The first kappa shape index (κ1) is 127. The van der Waals surface area contributed by atoms with Gasteiger partial charge in [0.15, 0.2) is 0 Å². The quantitative estimate of drug-likeness (QED) is 0.101. The molecule has 0 N–H and O–H groups in total. The van der Waals surface area contributed by atoms with Crippen LogP contribution >= 0.6 is 0 Å². The molecular formula is C134H202F3N11. The van der Waals surface area contributed by atoms with Crippen molar-refractivity contribution in [3.05, 3.63) is 283 Å². The third-order valence-electron chi connectivity index (χ3n) is 27.1. The van der Waals surface area contributed by atoms with E-state index in [2.05, 4.69) is 460 Å². The van der Waals surface area contributed by atoms with Gasteiger partial charge in [-0.2, -0.15) is 0 Å². The fourth-order valence-corrected chi connectivity index (χ4v) is 18.0. The summed E-state index contributed by atoms with van der Waals surface area (Å²) in [4.78, 5) is 28.9. The van der Waals surface area contributed by atoms with E-state index in [0.29, 0.717) is 64.9 Å². The highest BCUT2D eigenvalue weighted by Crippen LogP contribution is 2.39. The first-order valence-corrected chi connectivity index (χ1v) is 55.7. The molecule has 0 spiro atoms. The van der Waals surface area contributed by atoms with E-state index >= 15 is 0 Å². The maximum absolute atomic E-state index is 13.7. The number of hydrogen-bond acceptors (Lipinski definition) is 6. The summed E-state index contributed by atoms with van der Waals surface area (Å²) in [7, 11) is 2.10. The lowest BCUT2D eigenvalue weighted by molar-refractivity contribution is 0.459. The first-order chi connectivity index (χ1) is 67.8. The van der Waals surface area contributed by atoms with Gasteiger partial charge < -0.3 is 22.8 Å². The molecule has 0 fully saturated rings. The molecule has 0 amide bonds. The van der Waals surface area contributed by atoms with E-state index < -0.39 is 17.0 Å². The minimum Gasteiger partial charge on any atom is -0.331 e. The predicted molar refractivity (Wildman–Crippen MR) is 639 cm³/mol. The van der Waals surface area contributed by atoms with E-state index in [0.717, 1.165) is 76.3 Å². The SMILES string of the molecule is CC(C)Cn1c(C(C)(C)C)nc2cc(C(C)C)ccc21.CC(C)c1cc(F)c(C(C)(C)C)c(F)c1.CC(C)c1ccc(C(C)(C)C)c(F)c1.CC(C)c1ccc(C(C)(C)C)cc1.CC(C)c1ccc(C(C)(C)C)nc1.CC(C)c1ccc2c(c1)nc(C(C)(C)C)n2C.CC(C)c1ccc2c(c1)nc(C(C)(C)C)n2C(C)C.CCCn1c(C(C)(C)C)nc2cc(C(C)C)ccc21.CCn1c(C(C)(C)C)nc2cc(C(C)C)ccc21. The molecule has 11 nitrogen and oxygen atoms in total. The molecule has 0 radical (unpaired) electrons. The van der Waals surface area contributed by atoms with Gasteiger partial charge in [0.2, 0.25) is 0 Å². The molecule has 14 heteroatoms. The van der Waals surface area contributed by atoms with Crippen molar-refractivity contribution in [2.24, 2.45) is 13.0 Å². The second-order valence-corrected chi connectivity index (χ2v) is 54.2. The number of fused-ring (bicyclic) bond motifs is 5. The lowest BCUT2D eigenvalue weighted by Crippen LogP contribution is -2.20. The highest BCUT2D eigenvalue weighted by Gasteiger charge is 2.31. The number of aryl methyl sites for hydroxylation is 3. The number of pyridine rings is 1. The molecule has 0 atom stereocenters. The van der Waals surface area contributed by atoms with E-state index in [9.17, 15) is 13.2 Å². The Hall–Kier alpha value is -9.95. The van der Waals surface area contributed by atoms with Crippen LogP contribution in [0.5, 0.6) is 0 Å². The average molecular weight is 2020 g/mol. The topological polar surface area (TPSA) is 102 Å². The molecule has 0 bridgehead atoms. The van der Waals surface area contributed by atoms with Crippen LogP contribution in [-0.4, -0.2) is 52.7 Å². The van der Waals surface area contributed by atoms with Crippen LogP contribution in [0.15, 0.2) is 164 Å². The Balaban J connectivity index is 0.000000255. The molecule has 0 unspecified atom stereocenters. The highest BCUT2D eigenvalue weighted by atomic mass is 19.1. The molecule has 0 aliphatic heterocycles. The molecule has 148 heavy (non-hydrogen) atoms. The van der Waals surface area contributed by atoms with Crippen molar-refractivity contribution >= 4 is 55.2 Å². The van der Waals surface area contributed by atoms with E-state index in [4.69, 9.17) is 24.9 Å². The van der Waals surface area contributed by atoms with Crippen LogP contribution < -0.4 is 0 Å². The number of rotatable bonds is 15. The molecule has 814 valence electrons. The molecule has 6 aromatic heterocycles. The van der Waals surface area contributed by atoms with Crippen molar-refractivity contribution in [1.29, 1.82) is 0 Å². The fraction of sp³-hybridized carbons (Fsp3) is 0.567. The van der Waals surface area contributed by atoms with Gasteiger partial charge in [-0.05, 0) is 249 Å². The van der Waals surface area contributed by atoms with Gasteiger partial charge in [0.25, 0.3) is 0 Å². The van der Waals surface area contributed by atoms with Crippen LogP contribution in [-0.2, 0) is 75.4 Å². The maximum Gasteiger partial charge on any atom is 0.130 e. The fourth-order valence-electron chi connectivity index (χ4n) is 18.0. The van der Waals surface area contributed by atoms with Crippen LogP contribution in [0.3, 0.4) is 0 Å². The van der Waals surface area contributed by atoms with Crippen LogP contribution in [0.1, 0.15) is 520 Å². The van der Waals surface area contributed by atoms with Gasteiger partial charge in [-0.15, -0.1) is 0 Å². The molecule has 14 aromatic rings. The lowest BCUT2D eigenvalue weighted by Gasteiger charge is -2.22. The predicted octanol–water partition coefficient (Wildman–Crippen LogP) is 39.7. The van der Waals surface area contributed by atoms with E-state index in [1.54, 1.807) is 6.07 Å². The number of imidazole rings is 5. The number of hydrogen-bond donors (Lipinski definition) is 0. The summed E-state index contributed by atoms with van der Waals surface area (Å²) in [6, 6.07) is 55.7. The second kappa shape index (κ2) is 51.4. The van der Waals surface area contributed by atoms with Crippen LogP contribution in [0, 0.1) is 23.4 Å². The summed E-state index contributed by atoms with van der Waals surface area (Å²) in [6.45, 7) is 114. The Kier molecular flexibility index (Phi) is 44.0. The van der Waals surface area contributed by atoms with Crippen LogP contribution in [0.2, 0.25) is 0 Å². The molecule has 0 saturated carbocycles. The van der Waals surface area contributed by atoms with E-state index in [-0.39, 0.29) is 60.6 Å². The lowest BCUT2D eigenvalue weighted by atomic mass is 9.85. The molecule has 0 saturated heterocycles. The molecule has 8 aromatic carbocycles. The van der Waals surface area contributed by atoms with Gasteiger partial charge in [-0.25, -0.2) is 38.1 Å². The van der Waals surface area contributed by atoms with Crippen molar-refractivity contribution in [3.8, 4) is 0 Å². The van der Waals surface area contributed by atoms with Gasteiger partial charge in [0.05, 0.1) is 55.2 Å². The van der Waals surface area contributed by atoms with E-state index in [1.807, 2.05) is 73.7 Å². The van der Waals surface area contributed by atoms with Crippen molar-refractivity contribution in [2.75, 3.05) is 0 Å². The number of aromatic nitrogens is 11. The second-order valence-electron chi connectivity index (χ2n) is 54.2. The van der Waals surface area contributed by atoms with Gasteiger partial charge in [-0.3, -0.25) is 4.98 Å². The normalized spacial score (nSPS) is 12.5. The monoisotopic (exact) mass is 2020 g/mol. The summed E-state index contributed by atoms with van der Waals surface area (Å²) in [6.07, 6.45) is 3.13. The largest absolute Gasteiger partial charge is 0.331 e. The standard InChI is InChI=1S/C18H28N2.2C17H26N2.C16H24N2.C15H22N2.C13H18F2.C13H19F.C13H20.C12H19N/c1-12(2)11-20-16-9-8-14(13(3)4)10-15(16)19-17(20)18(5,6)7;1-11(2)13-8-9-15-14(10-13)18-16(17(5,6)7)19(15)12(3)4;1-7-10-19-15-9-8-13(12(2)3)11-14(15)18-16(19)17(4,5)6;1-7-18-14-9-8-12(11(2)3)10-13(14)17-15(18)16(4,5)6;1-10(2)11-7-8-13-12(9-11)16-14(17(13)6)15(3,4)5;1-8(2)9-6-10(14)12(11(15)7-9)13(3,4)5;1-9(2)10-6-7-11(12(14)8-10)13(3,4)5;1-10(2)11-6-8-12(9-7-11)13(3,4)5;1-9(2)10-6-7-11(13-8-10)12(3,4)5/h8-10,12-13H,11H2,1-7H3;8-12H,1-7H3;8-9,11-12H,7,10H2,1-6H3;8-11H,7H2,1-6H3;7-10H,1-6H3;6-8H,1-5H3;6-9H,1-5H3;6-10H,1-5H3;6-9H,1-5H3. The summed E-state index contributed by atoms with van der Waals surface area (Å²) in [5, 5.41) is 0. The average Bonchev–Trinajstić information content (AvgIpc) is 1.60. The smallest absolute Gasteiger partial charge is 0.130 e. The van der Waals surface area contributed by atoms with Crippen LogP contribution in [0.4, 0.5) is 13.2 Å². The highest BCUT2D eigenvalue weighted by molar-refractivity contribution is 5.81. The number of halogens is 3. The number of benzene rings is 8. The minimum absolute atomic E-state index is 0.0707. The minimum atomic E-state index is -0.496.